The van der Waals surface area contributed by atoms with E-state index in [0.29, 0.717) is 28.4 Å². The highest BCUT2D eigenvalue weighted by atomic mass is 79.9. The highest BCUT2D eigenvalue weighted by Gasteiger charge is 2.57. The largest absolute Gasteiger partial charge is 0.480 e. The maximum Gasteiger partial charge on any atom is 0.434 e. The Bertz CT molecular complexity index is 1310. The lowest BCUT2D eigenvalue weighted by Gasteiger charge is -2.47. The zero-order valence-electron chi connectivity index (χ0n) is 19.6. The van der Waals surface area contributed by atoms with Crippen LogP contribution in [0.4, 0.5) is 24.8 Å². The first-order valence-corrected chi connectivity index (χ1v) is 12.7. The van der Waals surface area contributed by atoms with Gasteiger partial charge in [0.2, 0.25) is 5.95 Å². The van der Waals surface area contributed by atoms with E-state index < -0.39 is 34.8 Å². The van der Waals surface area contributed by atoms with Gasteiger partial charge >= 0.3 is 12.1 Å². The maximum atomic E-state index is 13.2. The number of rotatable bonds is 5. The number of halogens is 4. The van der Waals surface area contributed by atoms with Gasteiger partial charge in [-0.15, -0.1) is 11.3 Å². The fraction of sp³-hybridized carbons (Fsp3) is 0.417. The number of carboxylic acid groups (broad SMARTS) is 1. The fourth-order valence-corrected chi connectivity index (χ4v) is 6.54. The summed E-state index contributed by atoms with van der Waals surface area (Å²) >= 11 is 4.10. The van der Waals surface area contributed by atoms with Crippen molar-refractivity contribution < 1.29 is 28.2 Å². The number of benzene rings is 1. The van der Waals surface area contributed by atoms with Gasteiger partial charge in [0.25, 0.3) is 0 Å². The van der Waals surface area contributed by atoms with Gasteiger partial charge in [-0.25, -0.2) is 15.0 Å². The van der Waals surface area contributed by atoms with Gasteiger partial charge in [0, 0.05) is 18.1 Å². The van der Waals surface area contributed by atoms with E-state index in [2.05, 4.69) is 36.2 Å². The highest BCUT2D eigenvalue weighted by Crippen LogP contribution is 2.53. The Balaban J connectivity index is 1.69. The second kappa shape index (κ2) is 9.38. The molecule has 0 amide bonds. The summed E-state index contributed by atoms with van der Waals surface area (Å²) in [6, 6.07) is 5.36. The van der Waals surface area contributed by atoms with Crippen molar-refractivity contribution in [3.8, 4) is 10.4 Å². The molecule has 2 aromatic heterocycles. The van der Waals surface area contributed by atoms with Crippen LogP contribution in [0, 0.1) is 12.3 Å². The first-order valence-electron chi connectivity index (χ1n) is 11.1. The molecule has 0 aliphatic heterocycles. The molecule has 1 aromatic carbocycles. The van der Waals surface area contributed by atoms with Crippen LogP contribution in [0.5, 0.6) is 0 Å². The number of anilines is 2. The van der Waals surface area contributed by atoms with Gasteiger partial charge in [-0.1, -0.05) is 19.9 Å². The van der Waals surface area contributed by atoms with Crippen LogP contribution >= 0.6 is 27.3 Å². The number of nitrogens with one attached hydrogen (secondary N) is 1. The standard InChI is InChI=1S/C24H24BrF3N4O3S/c1-12-6-13(8-14(7-12)31-21-30-10-16(25)18(32-21)24(26,27)28)17-11-29-19(36-17)23(20(34)35)5-4-15(33)9-22(23,2)3/h6-8,10-11,15,33H,4-5,9H2,1-3H3,(H,34,35)(H,30,31,32). The van der Waals surface area contributed by atoms with Crippen molar-refractivity contribution in [3.63, 3.8) is 0 Å². The molecule has 192 valence electrons. The van der Waals surface area contributed by atoms with E-state index >= 15 is 0 Å². The Labute approximate surface area is 218 Å². The SMILES string of the molecule is Cc1cc(Nc2ncc(Br)c(C(F)(F)F)n2)cc(-c2cnc(C3(C(=O)O)CCC(O)CC3(C)C)s2)c1. The zero-order valence-corrected chi connectivity index (χ0v) is 22.1. The first kappa shape index (κ1) is 26.5. The molecule has 7 nitrogen and oxygen atoms in total. The molecule has 0 bridgehead atoms. The summed E-state index contributed by atoms with van der Waals surface area (Å²) in [6.45, 7) is 5.52. The number of aliphatic hydroxyl groups is 1. The first-order chi connectivity index (χ1) is 16.7. The molecule has 0 spiro atoms. The van der Waals surface area contributed by atoms with E-state index in [0.717, 1.165) is 17.3 Å². The van der Waals surface area contributed by atoms with Gasteiger partial charge in [-0.05, 0) is 70.8 Å². The fourth-order valence-electron chi connectivity index (χ4n) is 4.83. The van der Waals surface area contributed by atoms with E-state index in [1.54, 1.807) is 18.3 Å². The van der Waals surface area contributed by atoms with Crippen LogP contribution in [0.1, 0.15) is 49.4 Å². The number of hydrogen-bond donors (Lipinski definition) is 3. The summed E-state index contributed by atoms with van der Waals surface area (Å²) in [5, 5.41) is 23.7. The molecule has 2 heterocycles. The van der Waals surface area contributed by atoms with Crippen molar-refractivity contribution >= 4 is 44.9 Å². The number of carbonyl (C=O) groups is 1. The third-order valence-electron chi connectivity index (χ3n) is 6.62. The van der Waals surface area contributed by atoms with Crippen molar-refractivity contribution in [2.24, 2.45) is 5.41 Å². The van der Waals surface area contributed by atoms with Crippen molar-refractivity contribution in [1.29, 1.82) is 0 Å². The molecule has 1 aliphatic rings. The minimum atomic E-state index is -4.64. The third-order valence-corrected chi connectivity index (χ3v) is 8.41. The van der Waals surface area contributed by atoms with Crippen molar-refractivity contribution in [2.75, 3.05) is 5.32 Å². The lowest BCUT2D eigenvalue weighted by Crippen LogP contribution is -2.53. The number of aliphatic hydroxyl groups excluding tert-OH is 1. The Hall–Kier alpha value is -2.57. The molecule has 36 heavy (non-hydrogen) atoms. The number of aromatic nitrogens is 3. The van der Waals surface area contributed by atoms with Gasteiger partial charge in [-0.3, -0.25) is 4.79 Å². The van der Waals surface area contributed by atoms with Gasteiger partial charge < -0.3 is 15.5 Å². The van der Waals surface area contributed by atoms with Gasteiger partial charge in [0.15, 0.2) is 5.69 Å². The third kappa shape index (κ3) is 4.85. The molecular formula is C24H24BrF3N4O3S. The van der Waals surface area contributed by atoms with E-state index in [9.17, 15) is 28.2 Å². The van der Waals surface area contributed by atoms with Crippen molar-refractivity contribution in [3.05, 3.63) is 51.3 Å². The number of aryl methyl sites for hydroxylation is 1. The molecule has 2 atom stereocenters. The minimum absolute atomic E-state index is 0.209. The normalized spacial score (nSPS) is 21.8. The van der Waals surface area contributed by atoms with Crippen LogP contribution in [0.2, 0.25) is 0 Å². The van der Waals surface area contributed by atoms with Gasteiger partial charge in [-0.2, -0.15) is 13.2 Å². The van der Waals surface area contributed by atoms with Crippen LogP contribution in [-0.4, -0.2) is 37.2 Å². The summed E-state index contributed by atoms with van der Waals surface area (Å²) in [6.07, 6.45) is -1.56. The van der Waals surface area contributed by atoms with E-state index in [1.807, 2.05) is 26.8 Å². The minimum Gasteiger partial charge on any atom is -0.480 e. The van der Waals surface area contributed by atoms with Crippen LogP contribution in [0.15, 0.2) is 35.1 Å². The second-order valence-electron chi connectivity index (χ2n) is 9.62. The zero-order chi connectivity index (χ0) is 26.5. The Kier molecular flexibility index (Phi) is 6.91. The molecule has 3 aromatic rings. The Morgan fingerprint density at radius 3 is 2.58 bits per heavy atom. The second-order valence-corrected chi connectivity index (χ2v) is 11.5. The van der Waals surface area contributed by atoms with Crippen LogP contribution in [0.3, 0.4) is 0 Å². The van der Waals surface area contributed by atoms with E-state index in [4.69, 9.17) is 0 Å². The average Bonchev–Trinajstić information content (AvgIpc) is 3.23. The molecule has 12 heteroatoms. The molecule has 1 saturated carbocycles. The molecule has 2 unspecified atom stereocenters. The number of alkyl halides is 3. The smallest absolute Gasteiger partial charge is 0.434 e. The van der Waals surface area contributed by atoms with E-state index in [1.165, 1.54) is 11.3 Å². The quantitative estimate of drug-likeness (QED) is 0.321. The molecular weight excluding hydrogens is 561 g/mol. The van der Waals surface area contributed by atoms with Crippen molar-refractivity contribution in [1.82, 2.24) is 15.0 Å². The summed E-state index contributed by atoms with van der Waals surface area (Å²) in [5.74, 6) is -1.18. The maximum absolute atomic E-state index is 13.2. The predicted octanol–water partition coefficient (Wildman–Crippen LogP) is 6.33. The molecule has 0 saturated heterocycles. The van der Waals surface area contributed by atoms with Gasteiger partial charge in [0.1, 0.15) is 10.4 Å². The number of thiazole rings is 1. The van der Waals surface area contributed by atoms with Gasteiger partial charge in [0.05, 0.1) is 15.5 Å². The Morgan fingerprint density at radius 1 is 1.22 bits per heavy atom. The van der Waals surface area contributed by atoms with Crippen LogP contribution in [-0.2, 0) is 16.4 Å². The number of nitrogens with zero attached hydrogens (tertiary/aromatic N) is 3. The lowest BCUT2D eigenvalue weighted by molar-refractivity contribution is -0.154. The van der Waals surface area contributed by atoms with E-state index in [-0.39, 0.29) is 16.8 Å². The highest BCUT2D eigenvalue weighted by molar-refractivity contribution is 9.10. The summed E-state index contributed by atoms with van der Waals surface area (Å²) in [5.41, 5.74) is -1.02. The van der Waals surface area contributed by atoms with Crippen molar-refractivity contribution in [2.45, 2.75) is 57.7 Å². The number of aliphatic carboxylic acids is 1. The summed E-state index contributed by atoms with van der Waals surface area (Å²) in [4.78, 5) is 25.3. The summed E-state index contributed by atoms with van der Waals surface area (Å²) < 4.78 is 39.4. The molecule has 0 radical (unpaired) electrons. The summed E-state index contributed by atoms with van der Waals surface area (Å²) in [7, 11) is 0. The monoisotopic (exact) mass is 584 g/mol. The molecule has 1 fully saturated rings. The predicted molar refractivity (Wildman–Crippen MR) is 133 cm³/mol. The lowest BCUT2D eigenvalue weighted by atomic mass is 9.57. The molecule has 3 N–H and O–H groups in total. The molecule has 4 rings (SSSR count). The molecule has 1 aliphatic carbocycles. The van der Waals surface area contributed by atoms with Crippen LogP contribution in [0.25, 0.3) is 10.4 Å². The Morgan fingerprint density at radius 2 is 1.94 bits per heavy atom. The number of carboxylic acids is 1. The number of hydrogen-bond acceptors (Lipinski definition) is 7. The average molecular weight is 585 g/mol. The topological polar surface area (TPSA) is 108 Å². The van der Waals surface area contributed by atoms with Crippen LogP contribution < -0.4 is 5.32 Å².